The summed E-state index contributed by atoms with van der Waals surface area (Å²) in [4.78, 5) is 36.9. The van der Waals surface area contributed by atoms with Gasteiger partial charge in [0.1, 0.15) is 12.1 Å². The van der Waals surface area contributed by atoms with Crippen molar-refractivity contribution in [1.82, 2.24) is 16.0 Å². The van der Waals surface area contributed by atoms with Gasteiger partial charge in [0.2, 0.25) is 11.8 Å². The Morgan fingerprint density at radius 1 is 1.17 bits per heavy atom. The Labute approximate surface area is 144 Å². The summed E-state index contributed by atoms with van der Waals surface area (Å²) in [7, 11) is 1.30. The van der Waals surface area contributed by atoms with E-state index in [1.807, 2.05) is 27.7 Å². The fourth-order valence-corrected chi connectivity index (χ4v) is 2.73. The molecule has 138 valence electrons. The van der Waals surface area contributed by atoms with Crippen LogP contribution < -0.4 is 16.0 Å². The van der Waals surface area contributed by atoms with Crippen molar-refractivity contribution in [2.75, 3.05) is 13.7 Å². The predicted molar refractivity (Wildman–Crippen MR) is 91.2 cm³/mol. The molecule has 7 heteroatoms. The Kier molecular flexibility index (Phi) is 8.18. The van der Waals surface area contributed by atoms with Crippen LogP contribution in [0.2, 0.25) is 0 Å². The highest BCUT2D eigenvalue weighted by Gasteiger charge is 2.33. The largest absolute Gasteiger partial charge is 0.467 e. The second-order valence-electron chi connectivity index (χ2n) is 6.77. The number of carbonyl (C=O) groups is 3. The van der Waals surface area contributed by atoms with Crippen LogP contribution in [0.3, 0.4) is 0 Å². The second kappa shape index (κ2) is 9.61. The Balaban J connectivity index is 2.80. The Hall–Kier alpha value is -1.63. The second-order valence-corrected chi connectivity index (χ2v) is 6.77. The molecule has 4 unspecified atom stereocenters. The third-order valence-electron chi connectivity index (χ3n) is 4.59. The van der Waals surface area contributed by atoms with Crippen LogP contribution in [0.15, 0.2) is 0 Å². The van der Waals surface area contributed by atoms with Crippen molar-refractivity contribution >= 4 is 17.8 Å². The minimum atomic E-state index is -0.726. The topological polar surface area (TPSA) is 96.5 Å². The highest BCUT2D eigenvalue weighted by atomic mass is 16.5. The van der Waals surface area contributed by atoms with Crippen molar-refractivity contribution in [3.63, 3.8) is 0 Å². The highest BCUT2D eigenvalue weighted by molar-refractivity contribution is 5.92. The van der Waals surface area contributed by atoms with Crippen molar-refractivity contribution in [2.45, 2.75) is 65.1 Å². The van der Waals surface area contributed by atoms with Gasteiger partial charge in [0, 0.05) is 0 Å². The smallest absolute Gasteiger partial charge is 0.328 e. The molecule has 4 atom stereocenters. The molecule has 2 amide bonds. The highest BCUT2D eigenvalue weighted by Crippen LogP contribution is 2.12. The fraction of sp³-hybridized carbons (Fsp3) is 0.824. The Bertz CT molecular complexity index is 447. The molecule has 0 radical (unpaired) electrons. The van der Waals surface area contributed by atoms with E-state index in [1.54, 1.807) is 0 Å². The van der Waals surface area contributed by atoms with Crippen molar-refractivity contribution in [2.24, 2.45) is 11.8 Å². The lowest BCUT2D eigenvalue weighted by Crippen LogP contribution is -2.57. The molecule has 0 aliphatic carbocycles. The summed E-state index contributed by atoms with van der Waals surface area (Å²) in [5.41, 5.74) is 0. The lowest BCUT2D eigenvalue weighted by atomic mass is 9.96. The van der Waals surface area contributed by atoms with Crippen LogP contribution in [-0.2, 0) is 19.1 Å². The first-order valence-corrected chi connectivity index (χ1v) is 8.73. The molecule has 0 aromatic carbocycles. The van der Waals surface area contributed by atoms with Crippen LogP contribution in [0.4, 0.5) is 0 Å². The lowest BCUT2D eigenvalue weighted by Gasteiger charge is -2.28. The number of hydrogen-bond donors (Lipinski definition) is 3. The average Bonchev–Trinajstić information content (AvgIpc) is 3.10. The van der Waals surface area contributed by atoms with Gasteiger partial charge in [-0.15, -0.1) is 0 Å². The molecule has 0 aromatic rings. The summed E-state index contributed by atoms with van der Waals surface area (Å²) in [6, 6.07) is -1.64. The fourth-order valence-electron chi connectivity index (χ4n) is 2.73. The quantitative estimate of drug-likeness (QED) is 0.561. The van der Waals surface area contributed by atoms with Gasteiger partial charge in [0.05, 0.1) is 13.2 Å². The maximum Gasteiger partial charge on any atom is 0.328 e. The van der Waals surface area contributed by atoms with Gasteiger partial charge in [0.25, 0.3) is 0 Å². The number of rotatable bonds is 8. The molecule has 7 nitrogen and oxygen atoms in total. The first-order chi connectivity index (χ1) is 11.3. The molecule has 0 aromatic heterocycles. The van der Waals surface area contributed by atoms with Crippen LogP contribution in [0.25, 0.3) is 0 Å². The molecule has 0 saturated carbocycles. The number of ether oxygens (including phenoxy) is 1. The average molecular weight is 341 g/mol. The van der Waals surface area contributed by atoms with Gasteiger partial charge in [-0.1, -0.05) is 34.1 Å². The Morgan fingerprint density at radius 3 is 2.29 bits per heavy atom. The van der Waals surface area contributed by atoms with Crippen molar-refractivity contribution in [3.05, 3.63) is 0 Å². The summed E-state index contributed by atoms with van der Waals surface area (Å²) >= 11 is 0. The maximum absolute atomic E-state index is 12.7. The van der Waals surface area contributed by atoms with Gasteiger partial charge in [-0.2, -0.15) is 0 Å². The number of esters is 1. The van der Waals surface area contributed by atoms with Gasteiger partial charge in [-0.3, -0.25) is 9.59 Å². The normalized spacial score (nSPS) is 21.0. The molecule has 3 N–H and O–H groups in total. The summed E-state index contributed by atoms with van der Waals surface area (Å²) < 4.78 is 4.75. The molecule has 0 spiro atoms. The molecule has 24 heavy (non-hydrogen) atoms. The van der Waals surface area contributed by atoms with Crippen LogP contribution in [0.1, 0.15) is 47.0 Å². The monoisotopic (exact) mass is 341 g/mol. The number of methoxy groups -OCH3 is 1. The predicted octanol–water partition coefficient (Wildman–Crippen LogP) is 0.583. The van der Waals surface area contributed by atoms with Crippen LogP contribution in [0.5, 0.6) is 0 Å². The zero-order valence-corrected chi connectivity index (χ0v) is 15.3. The standard InChI is InChI=1S/C17H31N3O4/c1-6-11(4)14(20-15(21)12-8-7-9-18-12)16(22)19-13(10(2)3)17(23)24-5/h10-14,18H,6-9H2,1-5H3,(H,19,22)(H,20,21). The molecule has 0 bridgehead atoms. The number of hydrogen-bond acceptors (Lipinski definition) is 5. The van der Waals surface area contributed by atoms with E-state index in [-0.39, 0.29) is 29.7 Å². The molecular formula is C17H31N3O4. The van der Waals surface area contributed by atoms with E-state index in [4.69, 9.17) is 4.74 Å². The van der Waals surface area contributed by atoms with Crippen molar-refractivity contribution in [3.8, 4) is 0 Å². The van der Waals surface area contributed by atoms with E-state index in [0.717, 1.165) is 25.8 Å². The summed E-state index contributed by atoms with van der Waals surface area (Å²) in [6.45, 7) is 8.36. The molecule has 1 saturated heterocycles. The Morgan fingerprint density at radius 2 is 1.83 bits per heavy atom. The van der Waals surface area contributed by atoms with E-state index in [9.17, 15) is 14.4 Å². The summed E-state index contributed by atoms with van der Waals surface area (Å²) in [6.07, 6.45) is 2.47. The molecule has 1 rings (SSSR count). The van der Waals surface area contributed by atoms with Gasteiger partial charge in [-0.05, 0) is 31.2 Å². The van der Waals surface area contributed by atoms with Crippen LogP contribution in [0, 0.1) is 11.8 Å². The van der Waals surface area contributed by atoms with E-state index in [2.05, 4.69) is 16.0 Å². The van der Waals surface area contributed by atoms with Gasteiger partial charge >= 0.3 is 5.97 Å². The zero-order chi connectivity index (χ0) is 18.3. The number of carbonyl (C=O) groups excluding carboxylic acids is 3. The zero-order valence-electron chi connectivity index (χ0n) is 15.3. The minimum Gasteiger partial charge on any atom is -0.467 e. The van der Waals surface area contributed by atoms with Crippen LogP contribution >= 0.6 is 0 Å². The summed E-state index contributed by atoms with van der Waals surface area (Å²) in [5, 5.41) is 8.70. The third-order valence-corrected chi connectivity index (χ3v) is 4.59. The van der Waals surface area contributed by atoms with Crippen LogP contribution in [-0.4, -0.2) is 49.6 Å². The SMILES string of the molecule is CCC(C)C(NC(=O)C1CCCN1)C(=O)NC(C(=O)OC)C(C)C. The first-order valence-electron chi connectivity index (χ1n) is 8.73. The number of nitrogens with one attached hydrogen (secondary N) is 3. The molecule has 1 fully saturated rings. The van der Waals surface area contributed by atoms with Gasteiger partial charge in [-0.25, -0.2) is 4.79 Å². The third kappa shape index (κ3) is 5.47. The molecule has 1 aliphatic rings. The molecule has 1 aliphatic heterocycles. The molecule has 1 heterocycles. The van der Waals surface area contributed by atoms with E-state index < -0.39 is 18.1 Å². The first kappa shape index (κ1) is 20.4. The lowest BCUT2D eigenvalue weighted by molar-refractivity contribution is -0.146. The van der Waals surface area contributed by atoms with E-state index in [0.29, 0.717) is 0 Å². The van der Waals surface area contributed by atoms with Gasteiger partial charge < -0.3 is 20.7 Å². The van der Waals surface area contributed by atoms with Crippen molar-refractivity contribution < 1.29 is 19.1 Å². The van der Waals surface area contributed by atoms with Crippen molar-refractivity contribution in [1.29, 1.82) is 0 Å². The van der Waals surface area contributed by atoms with E-state index in [1.165, 1.54) is 7.11 Å². The molecular weight excluding hydrogens is 310 g/mol. The van der Waals surface area contributed by atoms with E-state index >= 15 is 0 Å². The number of amides is 2. The minimum absolute atomic E-state index is 0.0409. The maximum atomic E-state index is 12.7. The summed E-state index contributed by atoms with van der Waals surface area (Å²) in [5.74, 6) is -1.14. The van der Waals surface area contributed by atoms with Gasteiger partial charge in [0.15, 0.2) is 0 Å².